The zero-order valence-electron chi connectivity index (χ0n) is 17.1. The van der Waals surface area contributed by atoms with Gasteiger partial charge in [-0.1, -0.05) is 48.5 Å². The maximum atomic E-state index is 12.9. The molecule has 1 saturated heterocycles. The van der Waals surface area contributed by atoms with Crippen LogP contribution in [0.2, 0.25) is 0 Å². The molecule has 2 atom stereocenters. The minimum atomic E-state index is -0.228. The Morgan fingerprint density at radius 1 is 0.935 bits per heavy atom. The van der Waals surface area contributed by atoms with Crippen LogP contribution in [0.4, 0.5) is 4.79 Å². The topological polar surface area (TPSA) is 48.0 Å². The SMILES string of the molecule is O=C(OCc1ccccc1)N1CCC2CC1c1cc(-c3ccc4c(c3)OCO4)ccc12. The predicted octanol–water partition coefficient (Wildman–Crippen LogP) is 5.65. The van der Waals surface area contributed by atoms with Crippen molar-refractivity contribution in [2.24, 2.45) is 0 Å². The summed E-state index contributed by atoms with van der Waals surface area (Å²) in [6.07, 6.45) is 1.72. The van der Waals surface area contributed by atoms with Crippen molar-refractivity contribution in [3.05, 3.63) is 83.4 Å². The van der Waals surface area contributed by atoms with Crippen LogP contribution in [-0.4, -0.2) is 24.3 Å². The van der Waals surface area contributed by atoms with Gasteiger partial charge in [0.2, 0.25) is 6.79 Å². The molecular weight excluding hydrogens is 390 g/mol. The summed E-state index contributed by atoms with van der Waals surface area (Å²) in [5.41, 5.74) is 5.83. The third-order valence-corrected chi connectivity index (χ3v) is 6.63. The highest BCUT2D eigenvalue weighted by molar-refractivity contribution is 5.72. The van der Waals surface area contributed by atoms with Crippen LogP contribution in [0.25, 0.3) is 11.1 Å². The molecule has 1 aliphatic carbocycles. The van der Waals surface area contributed by atoms with E-state index in [1.54, 1.807) is 0 Å². The second-order valence-electron chi connectivity index (χ2n) is 8.38. The molecule has 156 valence electrons. The maximum Gasteiger partial charge on any atom is 0.410 e. The van der Waals surface area contributed by atoms with Crippen molar-refractivity contribution >= 4 is 6.09 Å². The summed E-state index contributed by atoms with van der Waals surface area (Å²) in [7, 11) is 0. The van der Waals surface area contributed by atoms with E-state index in [4.69, 9.17) is 14.2 Å². The lowest BCUT2D eigenvalue weighted by atomic mass is 9.95. The van der Waals surface area contributed by atoms with Crippen molar-refractivity contribution in [1.82, 2.24) is 4.90 Å². The van der Waals surface area contributed by atoms with Gasteiger partial charge in [0, 0.05) is 6.54 Å². The molecule has 0 N–H and O–H groups in total. The molecule has 5 nitrogen and oxygen atoms in total. The van der Waals surface area contributed by atoms with Crippen LogP contribution in [0.5, 0.6) is 11.5 Å². The van der Waals surface area contributed by atoms with Gasteiger partial charge in [0.25, 0.3) is 0 Å². The lowest BCUT2D eigenvalue weighted by molar-refractivity contribution is 0.0694. The fourth-order valence-corrected chi connectivity index (χ4v) is 5.05. The Morgan fingerprint density at radius 2 is 1.74 bits per heavy atom. The number of carbonyl (C=O) groups is 1. The predicted molar refractivity (Wildman–Crippen MR) is 116 cm³/mol. The van der Waals surface area contributed by atoms with Gasteiger partial charge in [-0.25, -0.2) is 4.79 Å². The Hall–Kier alpha value is -3.47. The molecule has 0 radical (unpaired) electrons. The summed E-state index contributed by atoms with van der Waals surface area (Å²) in [5, 5.41) is 0. The van der Waals surface area contributed by atoms with Crippen LogP contribution >= 0.6 is 0 Å². The molecule has 0 saturated carbocycles. The zero-order chi connectivity index (χ0) is 20.8. The van der Waals surface area contributed by atoms with E-state index >= 15 is 0 Å². The molecule has 1 fully saturated rings. The van der Waals surface area contributed by atoms with E-state index in [1.165, 1.54) is 11.1 Å². The summed E-state index contributed by atoms with van der Waals surface area (Å²) < 4.78 is 16.6. The smallest absolute Gasteiger partial charge is 0.410 e. The Balaban J connectivity index is 1.26. The van der Waals surface area contributed by atoms with E-state index in [0.29, 0.717) is 12.5 Å². The fourth-order valence-electron chi connectivity index (χ4n) is 5.05. The Bertz CT molecular complexity index is 1140. The summed E-state index contributed by atoms with van der Waals surface area (Å²) in [6, 6.07) is 22.6. The third-order valence-electron chi connectivity index (χ3n) is 6.63. The fraction of sp³-hybridized carbons (Fsp3) is 0.269. The molecule has 2 bridgehead atoms. The Labute approximate surface area is 181 Å². The van der Waals surface area contributed by atoms with Gasteiger partial charge >= 0.3 is 6.09 Å². The number of rotatable bonds is 3. The van der Waals surface area contributed by atoms with E-state index in [1.807, 2.05) is 47.4 Å². The second-order valence-corrected chi connectivity index (χ2v) is 8.38. The van der Waals surface area contributed by atoms with Crippen molar-refractivity contribution < 1.29 is 19.0 Å². The quantitative estimate of drug-likeness (QED) is 0.556. The first-order chi connectivity index (χ1) is 15.3. The van der Waals surface area contributed by atoms with Crippen LogP contribution in [-0.2, 0) is 11.3 Å². The molecule has 2 unspecified atom stereocenters. The average molecular weight is 413 g/mol. The summed E-state index contributed by atoms with van der Waals surface area (Å²) in [6.45, 7) is 1.31. The monoisotopic (exact) mass is 413 g/mol. The molecule has 3 aromatic carbocycles. The van der Waals surface area contributed by atoms with Crippen molar-refractivity contribution in [1.29, 1.82) is 0 Å². The van der Waals surface area contributed by atoms with E-state index in [9.17, 15) is 4.79 Å². The van der Waals surface area contributed by atoms with Crippen molar-refractivity contribution in [2.45, 2.75) is 31.4 Å². The zero-order valence-corrected chi connectivity index (χ0v) is 17.1. The largest absolute Gasteiger partial charge is 0.454 e. The molecule has 0 aromatic heterocycles. The van der Waals surface area contributed by atoms with E-state index in [2.05, 4.69) is 24.3 Å². The van der Waals surface area contributed by atoms with Crippen molar-refractivity contribution in [3.8, 4) is 22.6 Å². The normalized spacial score (nSPS) is 20.5. The number of ether oxygens (including phenoxy) is 3. The van der Waals surface area contributed by atoms with E-state index in [-0.39, 0.29) is 18.9 Å². The highest BCUT2D eigenvalue weighted by Crippen LogP contribution is 2.50. The van der Waals surface area contributed by atoms with E-state index in [0.717, 1.165) is 47.6 Å². The van der Waals surface area contributed by atoms with Crippen molar-refractivity contribution in [2.75, 3.05) is 13.3 Å². The number of likely N-dealkylation sites (tertiary alicyclic amines) is 1. The van der Waals surface area contributed by atoms with Gasteiger partial charge in [-0.15, -0.1) is 0 Å². The molecule has 6 rings (SSSR count). The number of piperidine rings is 1. The van der Waals surface area contributed by atoms with E-state index < -0.39 is 0 Å². The van der Waals surface area contributed by atoms with Crippen LogP contribution in [0.15, 0.2) is 66.7 Å². The number of hydrogen-bond acceptors (Lipinski definition) is 4. The number of benzene rings is 3. The van der Waals surface area contributed by atoms with Gasteiger partial charge < -0.3 is 19.1 Å². The minimum absolute atomic E-state index is 0.0750. The maximum absolute atomic E-state index is 12.9. The van der Waals surface area contributed by atoms with Crippen LogP contribution in [0.3, 0.4) is 0 Å². The van der Waals surface area contributed by atoms with Crippen LogP contribution < -0.4 is 9.47 Å². The second kappa shape index (κ2) is 7.34. The highest BCUT2D eigenvalue weighted by atomic mass is 16.7. The van der Waals surface area contributed by atoms with Gasteiger partial charge in [0.05, 0.1) is 6.04 Å². The molecule has 1 amide bonds. The lowest BCUT2D eigenvalue weighted by Gasteiger charge is -2.33. The average Bonchev–Trinajstić information content (AvgIpc) is 3.40. The number of fused-ring (bicyclic) bond motifs is 6. The summed E-state index contributed by atoms with van der Waals surface area (Å²) >= 11 is 0. The van der Waals surface area contributed by atoms with Crippen molar-refractivity contribution in [3.63, 3.8) is 0 Å². The minimum Gasteiger partial charge on any atom is -0.454 e. The highest BCUT2D eigenvalue weighted by Gasteiger charge is 2.41. The Kier molecular flexibility index (Phi) is 4.34. The molecular formula is C26H23NO4. The molecule has 5 heteroatoms. The molecule has 3 aromatic rings. The molecule has 3 aliphatic rings. The molecule has 2 aliphatic heterocycles. The lowest BCUT2D eigenvalue weighted by Crippen LogP contribution is -2.37. The van der Waals surface area contributed by atoms with Gasteiger partial charge in [-0.3, -0.25) is 0 Å². The first-order valence-electron chi connectivity index (χ1n) is 10.8. The standard InChI is InChI=1S/C26H23NO4/c28-26(29-15-17-4-2-1-3-5-17)27-11-10-20-13-23(27)22-12-18(6-8-21(20)22)19-7-9-24-25(14-19)31-16-30-24/h1-9,12,14,20,23H,10-11,13,15-16H2. The summed E-state index contributed by atoms with van der Waals surface area (Å²) in [5.74, 6) is 2.08. The number of nitrogens with zero attached hydrogens (tertiary/aromatic N) is 1. The first kappa shape index (κ1) is 18.3. The van der Waals surface area contributed by atoms with Crippen LogP contribution in [0.1, 0.15) is 41.5 Å². The first-order valence-corrected chi connectivity index (χ1v) is 10.8. The molecule has 31 heavy (non-hydrogen) atoms. The third kappa shape index (κ3) is 3.21. The van der Waals surface area contributed by atoms with Gasteiger partial charge in [-0.05, 0) is 64.8 Å². The van der Waals surface area contributed by atoms with Gasteiger partial charge in [0.15, 0.2) is 11.5 Å². The Morgan fingerprint density at radius 3 is 2.65 bits per heavy atom. The number of amides is 1. The van der Waals surface area contributed by atoms with Gasteiger partial charge in [-0.2, -0.15) is 0 Å². The molecule has 0 spiro atoms. The molecule has 2 heterocycles. The number of hydrogen-bond donors (Lipinski definition) is 0. The summed E-state index contributed by atoms with van der Waals surface area (Å²) in [4.78, 5) is 14.8. The number of carbonyl (C=O) groups excluding carboxylic acids is 1. The van der Waals surface area contributed by atoms with Crippen LogP contribution in [0, 0.1) is 0 Å². The van der Waals surface area contributed by atoms with Gasteiger partial charge in [0.1, 0.15) is 6.61 Å².